The largest absolute Gasteiger partial charge is 0.398 e. The Kier molecular flexibility index (Phi) is 4.22. The summed E-state index contributed by atoms with van der Waals surface area (Å²) >= 11 is 0. The number of hydrogen-bond acceptors (Lipinski definition) is 4. The number of hydrogen-bond donors (Lipinski definition) is 2. The van der Waals surface area contributed by atoms with Gasteiger partial charge in [0.15, 0.2) is 0 Å². The highest BCUT2D eigenvalue weighted by molar-refractivity contribution is 5.97. The number of benzene rings is 1. The molecule has 0 radical (unpaired) electrons. The molecular weight excluding hydrogens is 302 g/mol. The third-order valence-corrected chi connectivity index (χ3v) is 4.93. The van der Waals surface area contributed by atoms with Gasteiger partial charge >= 0.3 is 0 Å². The summed E-state index contributed by atoms with van der Waals surface area (Å²) in [4.78, 5) is 14.9. The number of amides is 1. The number of aryl methyl sites for hydroxylation is 2. The lowest BCUT2D eigenvalue weighted by molar-refractivity contribution is -0.117. The summed E-state index contributed by atoms with van der Waals surface area (Å²) in [6.45, 7) is 6.66. The average Bonchev–Trinajstić information content (AvgIpc) is 2.80. The molecule has 0 saturated heterocycles. The van der Waals surface area contributed by atoms with E-state index in [1.54, 1.807) is 4.68 Å². The minimum atomic E-state index is -0.273. The number of aromatic nitrogens is 2. The fraction of sp³-hybridized carbons (Fsp3) is 0.444. The minimum Gasteiger partial charge on any atom is -0.398 e. The third kappa shape index (κ3) is 2.72. The first-order valence-corrected chi connectivity index (χ1v) is 8.35. The van der Waals surface area contributed by atoms with Crippen molar-refractivity contribution in [3.05, 3.63) is 35.2 Å². The van der Waals surface area contributed by atoms with Gasteiger partial charge in [-0.05, 0) is 51.3 Å². The van der Waals surface area contributed by atoms with Crippen LogP contribution in [0.2, 0.25) is 0 Å². The summed E-state index contributed by atoms with van der Waals surface area (Å²) in [5.41, 5.74) is 11.7. The van der Waals surface area contributed by atoms with Crippen molar-refractivity contribution in [3.8, 4) is 0 Å². The molecule has 2 aromatic rings. The molecule has 1 aromatic heterocycles. The molecule has 1 aliphatic heterocycles. The topological polar surface area (TPSA) is 76.2 Å². The highest BCUT2D eigenvalue weighted by Crippen LogP contribution is 2.32. The van der Waals surface area contributed by atoms with Crippen molar-refractivity contribution in [2.75, 3.05) is 22.5 Å². The van der Waals surface area contributed by atoms with Crippen LogP contribution in [0.5, 0.6) is 0 Å². The van der Waals surface area contributed by atoms with Gasteiger partial charge in [-0.15, -0.1) is 0 Å². The first-order chi connectivity index (χ1) is 11.4. The molecule has 1 atom stereocenters. The molecule has 0 aliphatic carbocycles. The van der Waals surface area contributed by atoms with Crippen LogP contribution in [0.15, 0.2) is 18.2 Å². The van der Waals surface area contributed by atoms with Crippen molar-refractivity contribution < 1.29 is 4.79 Å². The zero-order valence-corrected chi connectivity index (χ0v) is 14.8. The number of carbonyl (C=O) groups is 1. The number of carbonyl (C=O) groups excluding carboxylic acids is 1. The number of fused-ring (bicyclic) bond motifs is 1. The maximum atomic E-state index is 12.8. The Hall–Kier alpha value is -2.50. The third-order valence-electron chi connectivity index (χ3n) is 4.93. The highest BCUT2D eigenvalue weighted by atomic mass is 16.2. The van der Waals surface area contributed by atoms with Gasteiger partial charge in [0, 0.05) is 25.0 Å². The molecule has 1 aromatic carbocycles. The van der Waals surface area contributed by atoms with Crippen LogP contribution in [-0.4, -0.2) is 28.3 Å². The van der Waals surface area contributed by atoms with Gasteiger partial charge in [-0.3, -0.25) is 9.48 Å². The molecule has 1 aliphatic rings. The zero-order chi connectivity index (χ0) is 17.4. The predicted octanol–water partition coefficient (Wildman–Crippen LogP) is 2.40. The van der Waals surface area contributed by atoms with Crippen molar-refractivity contribution in [3.63, 3.8) is 0 Å². The maximum Gasteiger partial charge on any atom is 0.246 e. The number of nitrogens with two attached hydrogens (primary N) is 1. The lowest BCUT2D eigenvalue weighted by Crippen LogP contribution is -2.45. The molecule has 6 heteroatoms. The molecule has 3 N–H and O–H groups in total. The lowest BCUT2D eigenvalue weighted by atomic mass is 9.98. The molecule has 3 rings (SSSR count). The van der Waals surface area contributed by atoms with Crippen molar-refractivity contribution in [1.82, 2.24) is 9.78 Å². The molecule has 1 unspecified atom stereocenters. The van der Waals surface area contributed by atoms with Gasteiger partial charge in [0.05, 0.1) is 17.1 Å². The summed E-state index contributed by atoms with van der Waals surface area (Å²) in [5.74, 6) is -0.0236. The van der Waals surface area contributed by atoms with E-state index in [1.807, 2.05) is 40.0 Å². The molecule has 2 heterocycles. The van der Waals surface area contributed by atoms with Crippen molar-refractivity contribution >= 4 is 23.0 Å². The molecule has 24 heavy (non-hydrogen) atoms. The van der Waals surface area contributed by atoms with E-state index in [0.29, 0.717) is 0 Å². The van der Waals surface area contributed by atoms with Crippen LogP contribution in [0.1, 0.15) is 30.3 Å². The van der Waals surface area contributed by atoms with E-state index in [4.69, 9.17) is 5.73 Å². The lowest BCUT2D eigenvalue weighted by Gasteiger charge is -2.36. The second kappa shape index (κ2) is 6.19. The Balaban J connectivity index is 1.84. The molecule has 1 amide bonds. The Morgan fingerprint density at radius 2 is 2.12 bits per heavy atom. The normalized spacial score (nSPS) is 15.1. The van der Waals surface area contributed by atoms with Crippen LogP contribution in [0, 0.1) is 13.8 Å². The van der Waals surface area contributed by atoms with Crippen molar-refractivity contribution in [1.29, 1.82) is 0 Å². The van der Waals surface area contributed by atoms with Gasteiger partial charge < -0.3 is 16.0 Å². The molecule has 0 saturated carbocycles. The minimum absolute atomic E-state index is 0.0236. The van der Waals surface area contributed by atoms with Crippen LogP contribution in [0.25, 0.3) is 0 Å². The summed E-state index contributed by atoms with van der Waals surface area (Å²) in [6.07, 6.45) is 1.97. The second-order valence-electron chi connectivity index (χ2n) is 6.48. The van der Waals surface area contributed by atoms with Crippen LogP contribution < -0.4 is 16.0 Å². The number of rotatable bonds is 3. The van der Waals surface area contributed by atoms with Gasteiger partial charge in [-0.2, -0.15) is 5.10 Å². The molecule has 6 nitrogen and oxygen atoms in total. The van der Waals surface area contributed by atoms with Crippen LogP contribution in [0.4, 0.5) is 17.1 Å². The van der Waals surface area contributed by atoms with Gasteiger partial charge in [0.1, 0.15) is 6.04 Å². The Labute approximate surface area is 142 Å². The van der Waals surface area contributed by atoms with E-state index < -0.39 is 0 Å². The first kappa shape index (κ1) is 16.4. The van der Waals surface area contributed by atoms with Gasteiger partial charge in [-0.25, -0.2) is 0 Å². The predicted molar refractivity (Wildman–Crippen MR) is 97.3 cm³/mol. The van der Waals surface area contributed by atoms with E-state index in [2.05, 4.69) is 21.4 Å². The Morgan fingerprint density at radius 3 is 2.79 bits per heavy atom. The summed E-state index contributed by atoms with van der Waals surface area (Å²) in [6, 6.07) is 5.65. The van der Waals surface area contributed by atoms with Crippen molar-refractivity contribution in [2.24, 2.45) is 7.05 Å². The summed E-state index contributed by atoms with van der Waals surface area (Å²) in [7, 11) is 1.88. The molecular formula is C18H25N5O. The highest BCUT2D eigenvalue weighted by Gasteiger charge is 2.27. The summed E-state index contributed by atoms with van der Waals surface area (Å²) in [5, 5.41) is 7.40. The Bertz CT molecular complexity index is 780. The van der Waals surface area contributed by atoms with Crippen molar-refractivity contribution in [2.45, 2.75) is 39.7 Å². The van der Waals surface area contributed by atoms with E-state index in [1.165, 1.54) is 0 Å². The van der Waals surface area contributed by atoms with E-state index in [9.17, 15) is 4.79 Å². The fourth-order valence-electron chi connectivity index (χ4n) is 3.41. The number of anilines is 3. The molecule has 0 fully saturated rings. The maximum absolute atomic E-state index is 12.8. The number of nitrogen functional groups attached to an aromatic ring is 1. The standard InChI is InChI=1S/C18H25N5O/c1-11-17(12(2)22(4)21-11)20-18(24)13(3)23-10-6-7-14-15(19)8-5-9-16(14)23/h5,8-9,13H,6-7,10,19H2,1-4H3,(H,20,24). The zero-order valence-electron chi connectivity index (χ0n) is 14.8. The van der Waals surface area contributed by atoms with Gasteiger partial charge in [0.2, 0.25) is 5.91 Å². The Morgan fingerprint density at radius 1 is 1.38 bits per heavy atom. The van der Waals surface area contributed by atoms with Crippen LogP contribution in [-0.2, 0) is 18.3 Å². The number of nitrogens with one attached hydrogen (secondary N) is 1. The SMILES string of the molecule is Cc1nn(C)c(C)c1NC(=O)C(C)N1CCCc2c(N)cccc21. The molecule has 0 spiro atoms. The fourth-order valence-corrected chi connectivity index (χ4v) is 3.41. The first-order valence-electron chi connectivity index (χ1n) is 8.35. The van der Waals surface area contributed by atoms with E-state index in [-0.39, 0.29) is 11.9 Å². The van der Waals surface area contributed by atoms with Gasteiger partial charge in [-0.1, -0.05) is 6.07 Å². The van der Waals surface area contributed by atoms with E-state index in [0.717, 1.165) is 53.4 Å². The smallest absolute Gasteiger partial charge is 0.246 e. The van der Waals surface area contributed by atoms with Crippen LogP contribution >= 0.6 is 0 Å². The average molecular weight is 327 g/mol. The second-order valence-corrected chi connectivity index (χ2v) is 6.48. The van der Waals surface area contributed by atoms with Gasteiger partial charge in [0.25, 0.3) is 0 Å². The monoisotopic (exact) mass is 327 g/mol. The quantitative estimate of drug-likeness (QED) is 0.849. The molecule has 128 valence electrons. The number of nitrogens with zero attached hydrogens (tertiary/aromatic N) is 3. The summed E-state index contributed by atoms with van der Waals surface area (Å²) < 4.78 is 1.78. The van der Waals surface area contributed by atoms with Crippen LogP contribution in [0.3, 0.4) is 0 Å². The molecule has 0 bridgehead atoms. The van der Waals surface area contributed by atoms with E-state index >= 15 is 0 Å².